The van der Waals surface area contributed by atoms with Gasteiger partial charge in [-0.3, -0.25) is 9.63 Å². The maximum atomic E-state index is 12.4. The molecule has 170 valence electrons. The van der Waals surface area contributed by atoms with Gasteiger partial charge in [0.25, 0.3) is 5.91 Å². The molecule has 2 N–H and O–H groups in total. The first-order valence-corrected chi connectivity index (χ1v) is 10.1. The molecule has 0 saturated carbocycles. The zero-order valence-corrected chi connectivity index (χ0v) is 17.7. The van der Waals surface area contributed by atoms with Crippen LogP contribution in [0.25, 0.3) is 11.1 Å². The number of ether oxygens (including phenoxy) is 1. The van der Waals surface area contributed by atoms with Crippen LogP contribution >= 0.6 is 0 Å². The van der Waals surface area contributed by atoms with Gasteiger partial charge in [0.15, 0.2) is 6.61 Å². The van der Waals surface area contributed by atoms with Gasteiger partial charge in [0.2, 0.25) is 0 Å². The molecule has 3 aromatic rings. The normalized spacial score (nSPS) is 12.0. The molecule has 2 aromatic carbocycles. The van der Waals surface area contributed by atoms with E-state index in [4.69, 9.17) is 19.2 Å². The van der Waals surface area contributed by atoms with Gasteiger partial charge in [0.1, 0.15) is 24.1 Å². The second-order valence-corrected chi connectivity index (χ2v) is 7.32. The Labute approximate surface area is 188 Å². The largest absolute Gasteiger partial charge is 0.479 e. The van der Waals surface area contributed by atoms with E-state index in [9.17, 15) is 14.4 Å². The zero-order chi connectivity index (χ0) is 23.4. The van der Waals surface area contributed by atoms with E-state index in [0.717, 1.165) is 33.6 Å². The molecule has 0 saturated heterocycles. The first kappa shape index (κ1) is 22.0. The van der Waals surface area contributed by atoms with E-state index in [1.165, 1.54) is 7.05 Å². The fraction of sp³-hybridized carbons (Fsp3) is 0.217. The number of benzene rings is 2. The highest BCUT2D eigenvalue weighted by Crippen LogP contribution is 2.44. The number of carbonyl (C=O) groups excluding carboxylic acids is 2. The molecule has 10 nitrogen and oxygen atoms in total. The van der Waals surface area contributed by atoms with Gasteiger partial charge in [-0.05, 0) is 22.3 Å². The fourth-order valence-corrected chi connectivity index (χ4v) is 3.75. The van der Waals surface area contributed by atoms with E-state index in [0.29, 0.717) is 0 Å². The van der Waals surface area contributed by atoms with Crippen molar-refractivity contribution < 1.29 is 33.6 Å². The average molecular weight is 451 g/mol. The Morgan fingerprint density at radius 1 is 1.09 bits per heavy atom. The molecule has 4 rings (SSSR count). The smallest absolute Gasteiger partial charge is 0.407 e. The third kappa shape index (κ3) is 4.70. The maximum absolute atomic E-state index is 12.4. The van der Waals surface area contributed by atoms with Crippen LogP contribution in [-0.2, 0) is 20.9 Å². The number of amides is 2. The van der Waals surface area contributed by atoms with Gasteiger partial charge in [-0.25, -0.2) is 14.7 Å². The molecule has 2 amide bonds. The Kier molecular flexibility index (Phi) is 6.36. The highest BCUT2D eigenvalue weighted by molar-refractivity contribution is 5.94. The second-order valence-electron chi connectivity index (χ2n) is 7.32. The number of nitrogens with one attached hydrogen (secondary N) is 1. The van der Waals surface area contributed by atoms with Crippen molar-refractivity contribution in [2.75, 3.05) is 20.3 Å². The minimum Gasteiger partial charge on any atom is -0.479 e. The van der Waals surface area contributed by atoms with Crippen molar-refractivity contribution >= 4 is 18.0 Å². The van der Waals surface area contributed by atoms with E-state index in [2.05, 4.69) is 22.6 Å². The van der Waals surface area contributed by atoms with Gasteiger partial charge < -0.3 is 19.7 Å². The molecule has 0 atom stereocenters. The third-order valence-corrected chi connectivity index (χ3v) is 5.29. The predicted molar refractivity (Wildman–Crippen MR) is 114 cm³/mol. The van der Waals surface area contributed by atoms with Crippen molar-refractivity contribution in [2.24, 2.45) is 0 Å². The topological polar surface area (TPSA) is 131 Å². The minimum absolute atomic E-state index is 0.0295. The van der Waals surface area contributed by atoms with Crippen LogP contribution in [0, 0.1) is 0 Å². The van der Waals surface area contributed by atoms with Crippen LogP contribution in [0.1, 0.15) is 33.1 Å². The van der Waals surface area contributed by atoms with Gasteiger partial charge in [-0.1, -0.05) is 53.7 Å². The number of carbonyl (C=O) groups is 3. The Morgan fingerprint density at radius 3 is 2.36 bits per heavy atom. The van der Waals surface area contributed by atoms with Crippen molar-refractivity contribution in [1.29, 1.82) is 0 Å². The van der Waals surface area contributed by atoms with Crippen LogP contribution in [0.15, 0.2) is 59.3 Å². The van der Waals surface area contributed by atoms with E-state index in [1.807, 2.05) is 36.4 Å². The molecule has 10 heteroatoms. The number of hydrogen-bond acceptors (Lipinski definition) is 7. The summed E-state index contributed by atoms with van der Waals surface area (Å²) in [5.41, 5.74) is 4.63. The average Bonchev–Trinajstić information content (AvgIpc) is 3.42. The summed E-state index contributed by atoms with van der Waals surface area (Å²) < 4.78 is 10.3. The number of aliphatic carboxylic acids is 1. The molecular formula is C23H21N3O7. The molecule has 33 heavy (non-hydrogen) atoms. The van der Waals surface area contributed by atoms with Gasteiger partial charge in [-0.2, -0.15) is 0 Å². The molecule has 0 radical (unpaired) electrons. The number of rotatable bonds is 8. The summed E-state index contributed by atoms with van der Waals surface area (Å²) in [6, 6.07) is 16.0. The minimum atomic E-state index is -1.22. The summed E-state index contributed by atoms with van der Waals surface area (Å²) in [6.07, 6.45) is 0.422. The molecular weight excluding hydrogens is 430 g/mol. The number of carboxylic acids is 1. The number of alkyl carbamates (subject to hydrolysis) is 1. The van der Waals surface area contributed by atoms with Crippen LogP contribution in [0.3, 0.4) is 0 Å². The van der Waals surface area contributed by atoms with Gasteiger partial charge in [-0.15, -0.1) is 0 Å². The number of nitrogens with zero attached hydrogens (tertiary/aromatic N) is 2. The first-order valence-electron chi connectivity index (χ1n) is 10.1. The number of fused-ring (bicyclic) bond motifs is 3. The van der Waals surface area contributed by atoms with E-state index < -0.39 is 24.6 Å². The zero-order valence-electron chi connectivity index (χ0n) is 17.7. The first-order chi connectivity index (χ1) is 16.0. The standard InChI is InChI=1S/C23H21N3O7/c1-26(33-13-21(27)28)22(29)19-12-32-25-20(19)10-24-23(30)31-11-18-16-8-4-2-6-14(16)15-7-3-5-9-17(15)18/h2-9,12,18H,10-11,13H2,1H3,(H,24,30)(H,27,28). The monoisotopic (exact) mass is 451 g/mol. The van der Waals surface area contributed by atoms with Crippen molar-refractivity contribution in [3.8, 4) is 11.1 Å². The summed E-state index contributed by atoms with van der Waals surface area (Å²) >= 11 is 0. The summed E-state index contributed by atoms with van der Waals surface area (Å²) in [7, 11) is 1.26. The Hall–Kier alpha value is -4.18. The molecule has 0 bridgehead atoms. The fourth-order valence-electron chi connectivity index (χ4n) is 3.75. The second kappa shape index (κ2) is 9.53. The number of carboxylic acid groups (broad SMARTS) is 1. The number of hydroxylamine groups is 2. The summed E-state index contributed by atoms with van der Waals surface area (Å²) in [5, 5.41) is 15.7. The maximum Gasteiger partial charge on any atom is 0.407 e. The van der Waals surface area contributed by atoms with Crippen molar-refractivity contribution in [2.45, 2.75) is 12.5 Å². The predicted octanol–water partition coefficient (Wildman–Crippen LogP) is 2.80. The molecule has 0 fully saturated rings. The van der Waals surface area contributed by atoms with Crippen LogP contribution in [0.4, 0.5) is 4.79 Å². The molecule has 1 aliphatic carbocycles. The molecule has 1 heterocycles. The lowest BCUT2D eigenvalue weighted by Gasteiger charge is -2.15. The lowest BCUT2D eigenvalue weighted by atomic mass is 9.98. The van der Waals surface area contributed by atoms with Crippen molar-refractivity contribution in [3.05, 3.63) is 77.2 Å². The summed E-state index contributed by atoms with van der Waals surface area (Å²) in [5.74, 6) is -1.97. The molecule has 1 aliphatic rings. The quantitative estimate of drug-likeness (QED) is 0.500. The molecule has 1 aromatic heterocycles. The summed E-state index contributed by atoms with van der Waals surface area (Å²) in [6.45, 7) is -0.655. The van der Waals surface area contributed by atoms with Gasteiger partial charge in [0.05, 0.1) is 6.54 Å². The molecule has 0 spiro atoms. The van der Waals surface area contributed by atoms with Gasteiger partial charge in [0, 0.05) is 13.0 Å². The highest BCUT2D eigenvalue weighted by atomic mass is 16.7. The Bertz CT molecular complexity index is 1140. The molecule has 0 aliphatic heterocycles. The van der Waals surface area contributed by atoms with Crippen LogP contribution < -0.4 is 5.32 Å². The van der Waals surface area contributed by atoms with Crippen molar-refractivity contribution in [3.63, 3.8) is 0 Å². The molecule has 0 unspecified atom stereocenters. The van der Waals surface area contributed by atoms with E-state index >= 15 is 0 Å². The van der Waals surface area contributed by atoms with E-state index in [1.54, 1.807) is 0 Å². The lowest BCUT2D eigenvalue weighted by Crippen LogP contribution is -2.31. The Morgan fingerprint density at radius 2 is 1.73 bits per heavy atom. The number of aromatic nitrogens is 1. The van der Waals surface area contributed by atoms with E-state index in [-0.39, 0.29) is 30.3 Å². The van der Waals surface area contributed by atoms with Gasteiger partial charge >= 0.3 is 12.1 Å². The Balaban J connectivity index is 1.35. The SMILES string of the molecule is CN(OCC(=O)O)C(=O)c1conc1CNC(=O)OCC1c2ccccc2-c2ccccc21. The third-order valence-electron chi connectivity index (χ3n) is 5.29. The van der Waals surface area contributed by atoms with Crippen LogP contribution in [0.5, 0.6) is 0 Å². The van der Waals surface area contributed by atoms with Crippen LogP contribution in [0.2, 0.25) is 0 Å². The van der Waals surface area contributed by atoms with Crippen molar-refractivity contribution in [1.82, 2.24) is 15.5 Å². The number of hydrogen-bond donors (Lipinski definition) is 2. The van der Waals surface area contributed by atoms with Crippen LogP contribution in [-0.4, -0.2) is 53.6 Å². The summed E-state index contributed by atoms with van der Waals surface area (Å²) in [4.78, 5) is 40.1. The lowest BCUT2D eigenvalue weighted by molar-refractivity contribution is -0.159. The highest BCUT2D eigenvalue weighted by Gasteiger charge is 2.29.